The van der Waals surface area contributed by atoms with Crippen LogP contribution >= 0.6 is 0 Å². The summed E-state index contributed by atoms with van der Waals surface area (Å²) in [6, 6.07) is 6.23. The lowest BCUT2D eigenvalue weighted by atomic mass is 10.0. The highest BCUT2D eigenvalue weighted by atomic mass is 19.1. The summed E-state index contributed by atoms with van der Waals surface area (Å²) in [5.74, 6) is -0.576. The summed E-state index contributed by atoms with van der Waals surface area (Å²) < 4.78 is 16.7. The number of hydrogen-bond acceptors (Lipinski definition) is 3. The van der Waals surface area contributed by atoms with E-state index in [9.17, 15) is 14.3 Å². The molecule has 0 aliphatic carbocycles. The number of carbonyl (C=O) groups excluding carboxylic acids is 1. The first-order chi connectivity index (χ1) is 6.70. The molecular formula is C10H11FO3. The van der Waals surface area contributed by atoms with E-state index in [1.165, 1.54) is 19.2 Å². The summed E-state index contributed by atoms with van der Waals surface area (Å²) in [5, 5.41) is 9.27. The minimum absolute atomic E-state index is 0.195. The lowest BCUT2D eigenvalue weighted by Gasteiger charge is -2.10. The Morgan fingerprint density at radius 1 is 1.57 bits per heavy atom. The first-order valence-electron chi connectivity index (χ1n) is 4.12. The molecule has 0 heterocycles. The zero-order chi connectivity index (χ0) is 10.6. The molecule has 1 aromatic rings. The Hall–Kier alpha value is -1.42. The fraction of sp³-hybridized carbons (Fsp3) is 0.300. The van der Waals surface area contributed by atoms with Crippen LogP contribution in [0.25, 0.3) is 0 Å². The largest absolute Gasteiger partial charge is 0.465 e. The molecule has 0 aliphatic rings. The minimum atomic E-state index is -1.27. The summed E-state index contributed by atoms with van der Waals surface area (Å²) >= 11 is 0. The van der Waals surface area contributed by atoms with Crippen molar-refractivity contribution in [1.82, 2.24) is 0 Å². The van der Waals surface area contributed by atoms with Crippen LogP contribution in [0.5, 0.6) is 0 Å². The van der Waals surface area contributed by atoms with Crippen LogP contribution in [0.1, 0.15) is 22.0 Å². The Morgan fingerprint density at radius 3 is 2.79 bits per heavy atom. The summed E-state index contributed by atoms with van der Waals surface area (Å²) in [4.78, 5) is 11.2. The van der Waals surface area contributed by atoms with E-state index in [0.29, 0.717) is 0 Å². The minimum Gasteiger partial charge on any atom is -0.465 e. The zero-order valence-corrected chi connectivity index (χ0v) is 7.74. The van der Waals surface area contributed by atoms with Gasteiger partial charge in [0.1, 0.15) is 12.8 Å². The Kier molecular flexibility index (Phi) is 3.59. The van der Waals surface area contributed by atoms with Crippen molar-refractivity contribution in [3.8, 4) is 0 Å². The Balaban J connectivity index is 3.09. The summed E-state index contributed by atoms with van der Waals surface area (Å²) in [7, 11) is 1.24. The number of ether oxygens (including phenoxy) is 1. The van der Waals surface area contributed by atoms with E-state index in [-0.39, 0.29) is 11.1 Å². The number of benzene rings is 1. The zero-order valence-electron chi connectivity index (χ0n) is 7.74. The van der Waals surface area contributed by atoms with Crippen molar-refractivity contribution in [2.45, 2.75) is 6.10 Å². The maximum Gasteiger partial charge on any atom is 0.338 e. The van der Waals surface area contributed by atoms with Gasteiger partial charge in [0.25, 0.3) is 0 Å². The lowest BCUT2D eigenvalue weighted by molar-refractivity contribution is 0.0591. The van der Waals surface area contributed by atoms with Gasteiger partial charge in [-0.25, -0.2) is 9.18 Å². The van der Waals surface area contributed by atoms with Crippen molar-refractivity contribution >= 4 is 5.97 Å². The molecule has 0 amide bonds. The molecule has 1 aromatic carbocycles. The van der Waals surface area contributed by atoms with E-state index in [1.807, 2.05) is 0 Å². The smallest absolute Gasteiger partial charge is 0.338 e. The average molecular weight is 198 g/mol. The molecule has 3 nitrogen and oxygen atoms in total. The topological polar surface area (TPSA) is 46.5 Å². The number of aliphatic hydroxyl groups excluding tert-OH is 1. The molecule has 1 N–H and O–H groups in total. The van der Waals surface area contributed by atoms with Crippen molar-refractivity contribution in [1.29, 1.82) is 0 Å². The molecule has 0 radical (unpaired) electrons. The van der Waals surface area contributed by atoms with Crippen LogP contribution in [0, 0.1) is 0 Å². The average Bonchev–Trinajstić information content (AvgIpc) is 2.27. The highest BCUT2D eigenvalue weighted by Gasteiger charge is 2.16. The molecule has 0 aromatic heterocycles. The van der Waals surface area contributed by atoms with Crippen LogP contribution in [-0.4, -0.2) is 24.9 Å². The van der Waals surface area contributed by atoms with Gasteiger partial charge in [-0.3, -0.25) is 0 Å². The standard InChI is InChI=1S/C10H11FO3/c1-14-10(13)8-5-3-2-4-7(8)9(12)6-11/h2-5,9,12H,6H2,1H3. The fourth-order valence-corrected chi connectivity index (χ4v) is 1.17. The number of rotatable bonds is 3. The molecule has 0 saturated heterocycles. The maximum atomic E-state index is 12.2. The van der Waals surface area contributed by atoms with Gasteiger partial charge in [0, 0.05) is 0 Å². The first-order valence-corrected chi connectivity index (χ1v) is 4.12. The van der Waals surface area contributed by atoms with Crippen molar-refractivity contribution in [3.05, 3.63) is 35.4 Å². The number of alkyl halides is 1. The quantitative estimate of drug-likeness (QED) is 0.748. The maximum absolute atomic E-state index is 12.2. The number of halogens is 1. The van der Waals surface area contributed by atoms with Gasteiger partial charge in [-0.1, -0.05) is 18.2 Å². The second-order valence-corrected chi connectivity index (χ2v) is 2.75. The number of esters is 1. The second kappa shape index (κ2) is 4.72. The summed E-state index contributed by atoms with van der Waals surface area (Å²) in [6.45, 7) is -0.923. The van der Waals surface area contributed by atoms with E-state index in [1.54, 1.807) is 12.1 Å². The van der Waals surface area contributed by atoms with E-state index in [4.69, 9.17) is 0 Å². The van der Waals surface area contributed by atoms with Gasteiger partial charge in [0.05, 0.1) is 12.7 Å². The number of aliphatic hydroxyl groups is 1. The van der Waals surface area contributed by atoms with Gasteiger partial charge >= 0.3 is 5.97 Å². The van der Waals surface area contributed by atoms with Crippen molar-refractivity contribution in [2.75, 3.05) is 13.8 Å². The molecule has 1 atom stereocenters. The van der Waals surface area contributed by atoms with Crippen LogP contribution in [0.3, 0.4) is 0 Å². The molecule has 0 bridgehead atoms. The highest BCUT2D eigenvalue weighted by molar-refractivity contribution is 5.91. The van der Waals surface area contributed by atoms with Crippen LogP contribution < -0.4 is 0 Å². The molecule has 76 valence electrons. The van der Waals surface area contributed by atoms with E-state index >= 15 is 0 Å². The molecular weight excluding hydrogens is 187 g/mol. The van der Waals surface area contributed by atoms with E-state index in [0.717, 1.165) is 0 Å². The Morgan fingerprint density at radius 2 is 2.21 bits per heavy atom. The van der Waals surface area contributed by atoms with Crippen molar-refractivity contribution in [2.24, 2.45) is 0 Å². The molecule has 0 aliphatic heterocycles. The summed E-state index contributed by atoms with van der Waals surface area (Å²) in [6.07, 6.45) is -1.27. The second-order valence-electron chi connectivity index (χ2n) is 2.75. The van der Waals surface area contributed by atoms with Crippen molar-refractivity contribution in [3.63, 3.8) is 0 Å². The van der Waals surface area contributed by atoms with Crippen LogP contribution in [0.15, 0.2) is 24.3 Å². The van der Waals surface area contributed by atoms with Gasteiger partial charge in [-0.15, -0.1) is 0 Å². The predicted molar refractivity (Wildman–Crippen MR) is 48.7 cm³/mol. The third-order valence-corrected chi connectivity index (χ3v) is 1.87. The third-order valence-electron chi connectivity index (χ3n) is 1.87. The molecule has 0 fully saturated rings. The van der Waals surface area contributed by atoms with E-state index in [2.05, 4.69) is 4.74 Å². The molecule has 0 spiro atoms. The molecule has 14 heavy (non-hydrogen) atoms. The predicted octanol–water partition coefficient (Wildman–Crippen LogP) is 1.48. The van der Waals surface area contributed by atoms with Crippen LogP contribution in [0.2, 0.25) is 0 Å². The SMILES string of the molecule is COC(=O)c1ccccc1C(O)CF. The number of hydrogen-bond donors (Lipinski definition) is 1. The molecule has 4 heteroatoms. The highest BCUT2D eigenvalue weighted by Crippen LogP contribution is 2.18. The monoisotopic (exact) mass is 198 g/mol. The van der Waals surface area contributed by atoms with Crippen molar-refractivity contribution < 1.29 is 19.0 Å². The normalized spacial score (nSPS) is 12.2. The number of carbonyl (C=O) groups is 1. The van der Waals surface area contributed by atoms with Gasteiger partial charge in [0.2, 0.25) is 0 Å². The lowest BCUT2D eigenvalue weighted by Crippen LogP contribution is -2.10. The molecule has 1 rings (SSSR count). The first kappa shape index (κ1) is 10.7. The fourth-order valence-electron chi connectivity index (χ4n) is 1.17. The Labute approximate surface area is 81.1 Å². The van der Waals surface area contributed by atoms with Crippen LogP contribution in [-0.2, 0) is 4.74 Å². The molecule has 0 saturated carbocycles. The Bertz CT molecular complexity index is 325. The summed E-state index contributed by atoms with van der Waals surface area (Å²) in [5.41, 5.74) is 0.446. The number of methoxy groups -OCH3 is 1. The van der Waals surface area contributed by atoms with Gasteiger partial charge < -0.3 is 9.84 Å². The van der Waals surface area contributed by atoms with Gasteiger partial charge in [0.15, 0.2) is 0 Å². The van der Waals surface area contributed by atoms with Gasteiger partial charge in [-0.2, -0.15) is 0 Å². The third kappa shape index (κ3) is 2.09. The molecule has 1 unspecified atom stereocenters. The van der Waals surface area contributed by atoms with E-state index < -0.39 is 18.7 Å². The van der Waals surface area contributed by atoms with Crippen LogP contribution in [0.4, 0.5) is 4.39 Å². The van der Waals surface area contributed by atoms with Gasteiger partial charge in [-0.05, 0) is 11.6 Å².